The van der Waals surface area contributed by atoms with E-state index in [2.05, 4.69) is 32.8 Å². The maximum Gasteiger partial charge on any atom is 0.251 e. The fourth-order valence-electron chi connectivity index (χ4n) is 4.22. The van der Waals surface area contributed by atoms with E-state index in [1.165, 1.54) is 17.1 Å². The van der Waals surface area contributed by atoms with Gasteiger partial charge in [-0.2, -0.15) is 4.37 Å². The predicted molar refractivity (Wildman–Crippen MR) is 130 cm³/mol. The number of rotatable bonds is 6. The molecule has 1 aromatic heterocycles. The van der Waals surface area contributed by atoms with Gasteiger partial charge in [-0.05, 0) is 47.2 Å². The van der Waals surface area contributed by atoms with Gasteiger partial charge in [0.05, 0.1) is 0 Å². The Hall–Kier alpha value is -3.25. The van der Waals surface area contributed by atoms with Crippen LogP contribution in [0.5, 0.6) is 0 Å². The number of aromatic nitrogens is 2. The number of amides is 1. The number of benzene rings is 3. The summed E-state index contributed by atoms with van der Waals surface area (Å²) in [4.78, 5) is 19.7. The van der Waals surface area contributed by atoms with E-state index in [9.17, 15) is 4.79 Å². The molecule has 162 valence electrons. The summed E-state index contributed by atoms with van der Waals surface area (Å²) in [6.07, 6.45) is 2.87. The zero-order valence-electron chi connectivity index (χ0n) is 17.9. The molecular formula is C26H26N4OS. The summed E-state index contributed by atoms with van der Waals surface area (Å²) < 4.78 is 4.55. The summed E-state index contributed by atoms with van der Waals surface area (Å²) >= 11 is 1.49. The van der Waals surface area contributed by atoms with Gasteiger partial charge < -0.3 is 10.2 Å². The zero-order valence-corrected chi connectivity index (χ0v) is 18.7. The van der Waals surface area contributed by atoms with Crippen molar-refractivity contribution in [2.75, 3.05) is 24.5 Å². The minimum absolute atomic E-state index is 0.00728. The van der Waals surface area contributed by atoms with Gasteiger partial charge in [-0.25, -0.2) is 4.98 Å². The highest BCUT2D eigenvalue weighted by Gasteiger charge is 2.22. The standard InChI is InChI=1S/C26H26N4OS/c31-25(23-11-10-21-8-4-5-9-22(21)17-23)27-18-20-12-14-30(15-13-20)26-28-24(29-32-26)16-19-6-2-1-3-7-19/h1-11,17,20H,12-16,18H2,(H,27,31). The SMILES string of the molecule is O=C(NCC1CCN(c2nc(Cc3ccccc3)ns2)CC1)c1ccc2ccccc2c1. The average molecular weight is 443 g/mol. The highest BCUT2D eigenvalue weighted by atomic mass is 32.1. The lowest BCUT2D eigenvalue weighted by atomic mass is 9.97. The second-order valence-corrected chi connectivity index (χ2v) is 9.09. The van der Waals surface area contributed by atoms with Crippen molar-refractivity contribution in [1.82, 2.24) is 14.7 Å². The van der Waals surface area contributed by atoms with Crippen LogP contribution in [0.2, 0.25) is 0 Å². The van der Waals surface area contributed by atoms with Crippen molar-refractivity contribution < 1.29 is 4.79 Å². The first-order valence-corrected chi connectivity index (χ1v) is 11.9. The van der Waals surface area contributed by atoms with Crippen LogP contribution in [0.4, 0.5) is 5.13 Å². The molecular weight excluding hydrogens is 416 g/mol. The normalized spacial score (nSPS) is 14.6. The molecule has 1 amide bonds. The lowest BCUT2D eigenvalue weighted by Gasteiger charge is -2.31. The monoisotopic (exact) mass is 442 g/mol. The van der Waals surface area contributed by atoms with Crippen molar-refractivity contribution in [3.8, 4) is 0 Å². The van der Waals surface area contributed by atoms with E-state index in [0.717, 1.165) is 66.2 Å². The van der Waals surface area contributed by atoms with Crippen molar-refractivity contribution in [2.45, 2.75) is 19.3 Å². The number of nitrogens with one attached hydrogen (secondary N) is 1. The van der Waals surface area contributed by atoms with Gasteiger partial charge in [-0.15, -0.1) is 0 Å². The summed E-state index contributed by atoms with van der Waals surface area (Å²) in [6.45, 7) is 2.63. The van der Waals surface area contributed by atoms with Crippen LogP contribution in [0, 0.1) is 5.92 Å². The molecule has 0 atom stereocenters. The largest absolute Gasteiger partial charge is 0.352 e. The lowest BCUT2D eigenvalue weighted by molar-refractivity contribution is 0.0945. The van der Waals surface area contributed by atoms with Crippen LogP contribution in [0.25, 0.3) is 10.8 Å². The maximum absolute atomic E-state index is 12.6. The second kappa shape index (κ2) is 9.49. The first-order chi connectivity index (χ1) is 15.7. The smallest absolute Gasteiger partial charge is 0.251 e. The highest BCUT2D eigenvalue weighted by Crippen LogP contribution is 2.25. The van der Waals surface area contributed by atoms with Gasteiger partial charge in [0.2, 0.25) is 5.13 Å². The van der Waals surface area contributed by atoms with Gasteiger partial charge in [-0.1, -0.05) is 60.7 Å². The summed E-state index contributed by atoms with van der Waals surface area (Å²) in [5.41, 5.74) is 1.96. The van der Waals surface area contributed by atoms with Crippen LogP contribution < -0.4 is 10.2 Å². The van der Waals surface area contributed by atoms with Crippen molar-refractivity contribution in [1.29, 1.82) is 0 Å². The van der Waals surface area contributed by atoms with Crippen LogP contribution >= 0.6 is 11.5 Å². The molecule has 0 radical (unpaired) electrons. The number of hydrogen-bond acceptors (Lipinski definition) is 5. The molecule has 2 heterocycles. The average Bonchev–Trinajstić information content (AvgIpc) is 3.31. The number of carbonyl (C=O) groups is 1. The molecule has 0 unspecified atom stereocenters. The molecule has 1 aliphatic heterocycles. The Bertz CT molecular complexity index is 1200. The van der Waals surface area contributed by atoms with Crippen molar-refractivity contribution in [2.24, 2.45) is 5.92 Å². The van der Waals surface area contributed by atoms with Crippen LogP contribution in [0.1, 0.15) is 34.6 Å². The minimum atomic E-state index is 0.00728. The minimum Gasteiger partial charge on any atom is -0.352 e. The van der Waals surface area contributed by atoms with Gasteiger partial charge in [0, 0.05) is 43.2 Å². The molecule has 4 aromatic rings. The molecule has 1 N–H and O–H groups in total. The summed E-state index contributed by atoms with van der Waals surface area (Å²) in [5, 5.41) is 6.39. The van der Waals surface area contributed by atoms with Gasteiger partial charge in [0.1, 0.15) is 5.82 Å². The van der Waals surface area contributed by atoms with Gasteiger partial charge in [0.25, 0.3) is 5.91 Å². The highest BCUT2D eigenvalue weighted by molar-refractivity contribution is 7.09. The molecule has 0 spiro atoms. The summed E-state index contributed by atoms with van der Waals surface area (Å²) in [6, 6.07) is 24.3. The van der Waals surface area contributed by atoms with Crippen molar-refractivity contribution in [3.63, 3.8) is 0 Å². The third-order valence-electron chi connectivity index (χ3n) is 6.11. The first-order valence-electron chi connectivity index (χ1n) is 11.1. The van der Waals surface area contributed by atoms with Gasteiger partial charge in [-0.3, -0.25) is 4.79 Å². The molecule has 1 aliphatic rings. The number of piperidine rings is 1. The van der Waals surface area contributed by atoms with E-state index in [1.54, 1.807) is 0 Å². The fourth-order valence-corrected chi connectivity index (χ4v) is 4.96. The Morgan fingerprint density at radius 3 is 2.53 bits per heavy atom. The molecule has 0 aliphatic carbocycles. The molecule has 3 aromatic carbocycles. The molecule has 32 heavy (non-hydrogen) atoms. The van der Waals surface area contributed by atoms with Crippen molar-refractivity contribution >= 4 is 33.3 Å². The Balaban J connectivity index is 1.11. The molecule has 6 heteroatoms. The van der Waals surface area contributed by atoms with Gasteiger partial charge >= 0.3 is 0 Å². The molecule has 5 nitrogen and oxygen atoms in total. The number of anilines is 1. The number of hydrogen-bond donors (Lipinski definition) is 1. The number of nitrogens with zero attached hydrogens (tertiary/aromatic N) is 3. The summed E-state index contributed by atoms with van der Waals surface area (Å²) in [5.74, 6) is 1.39. The van der Waals surface area contributed by atoms with Crippen LogP contribution in [0.3, 0.4) is 0 Å². The number of fused-ring (bicyclic) bond motifs is 1. The second-order valence-electron chi connectivity index (χ2n) is 8.36. The quantitative estimate of drug-likeness (QED) is 0.460. The molecule has 5 rings (SSSR count). The van der Waals surface area contributed by atoms with Crippen LogP contribution in [-0.4, -0.2) is 34.9 Å². The Morgan fingerprint density at radius 2 is 1.72 bits per heavy atom. The first kappa shape index (κ1) is 20.6. The Labute approximate surface area is 192 Å². The topological polar surface area (TPSA) is 58.1 Å². The third-order valence-corrected chi connectivity index (χ3v) is 6.93. The fraction of sp³-hybridized carbons (Fsp3) is 0.269. The predicted octanol–water partition coefficient (Wildman–Crippen LogP) is 4.93. The van der Waals surface area contributed by atoms with E-state index in [0.29, 0.717) is 5.92 Å². The molecule has 0 saturated carbocycles. The number of carbonyl (C=O) groups excluding carboxylic acids is 1. The Morgan fingerprint density at radius 1 is 0.969 bits per heavy atom. The molecule has 1 fully saturated rings. The summed E-state index contributed by atoms with van der Waals surface area (Å²) in [7, 11) is 0. The van der Waals surface area contributed by atoms with E-state index in [-0.39, 0.29) is 5.91 Å². The van der Waals surface area contributed by atoms with Crippen LogP contribution in [0.15, 0.2) is 72.8 Å². The van der Waals surface area contributed by atoms with Gasteiger partial charge in [0.15, 0.2) is 0 Å². The molecule has 0 bridgehead atoms. The van der Waals surface area contributed by atoms with E-state index in [4.69, 9.17) is 4.98 Å². The molecule has 1 saturated heterocycles. The van der Waals surface area contributed by atoms with Crippen molar-refractivity contribution in [3.05, 3.63) is 89.7 Å². The van der Waals surface area contributed by atoms with Crippen LogP contribution in [-0.2, 0) is 6.42 Å². The Kier molecular flexibility index (Phi) is 6.12. The zero-order chi connectivity index (χ0) is 21.8. The van der Waals surface area contributed by atoms with E-state index < -0.39 is 0 Å². The maximum atomic E-state index is 12.6. The van der Waals surface area contributed by atoms with E-state index in [1.807, 2.05) is 54.6 Å². The van der Waals surface area contributed by atoms with E-state index >= 15 is 0 Å². The lowest BCUT2D eigenvalue weighted by Crippen LogP contribution is -2.38. The third kappa shape index (κ3) is 4.81.